The van der Waals surface area contributed by atoms with Crippen molar-refractivity contribution in [2.45, 2.75) is 51.3 Å². The molecule has 0 heterocycles. The molecule has 0 amide bonds. The van der Waals surface area contributed by atoms with Crippen LogP contribution in [-0.2, 0) is 6.54 Å². The molecule has 1 fully saturated rings. The van der Waals surface area contributed by atoms with Crippen LogP contribution in [0.4, 0.5) is 0 Å². The molecule has 3 N–H and O–H groups in total. The number of fused-ring (bicyclic) bond motifs is 1. The van der Waals surface area contributed by atoms with Gasteiger partial charge in [0.1, 0.15) is 5.75 Å². The van der Waals surface area contributed by atoms with Gasteiger partial charge in [-0.2, -0.15) is 0 Å². The second kappa shape index (κ2) is 8.90. The van der Waals surface area contributed by atoms with Gasteiger partial charge in [0.2, 0.25) is 0 Å². The van der Waals surface area contributed by atoms with E-state index in [4.69, 9.17) is 9.73 Å². The highest BCUT2D eigenvalue weighted by molar-refractivity contribution is 5.84. The molecule has 26 heavy (non-hydrogen) atoms. The van der Waals surface area contributed by atoms with E-state index >= 15 is 0 Å². The van der Waals surface area contributed by atoms with E-state index in [0.717, 1.165) is 43.9 Å². The molecule has 3 rings (SSSR count). The SMILES string of the molecule is CCNC(=NCc1ccc2cc(OC)ccc2c1)NC1CCC(O)CC1. The highest BCUT2D eigenvalue weighted by Crippen LogP contribution is 2.22. The van der Waals surface area contributed by atoms with Gasteiger partial charge in [-0.05, 0) is 67.1 Å². The van der Waals surface area contributed by atoms with Gasteiger partial charge in [-0.15, -0.1) is 0 Å². The maximum atomic E-state index is 9.65. The summed E-state index contributed by atoms with van der Waals surface area (Å²) >= 11 is 0. The molecule has 0 unspecified atom stereocenters. The van der Waals surface area contributed by atoms with E-state index in [2.05, 4.69) is 41.8 Å². The van der Waals surface area contributed by atoms with E-state index in [1.165, 1.54) is 16.3 Å². The molecule has 0 spiro atoms. The van der Waals surface area contributed by atoms with Crippen molar-refractivity contribution in [3.8, 4) is 5.75 Å². The molecule has 0 aliphatic heterocycles. The molecule has 0 radical (unpaired) electrons. The second-order valence-corrected chi connectivity index (χ2v) is 6.89. The first-order valence-corrected chi connectivity index (χ1v) is 9.47. The molecule has 140 valence electrons. The Morgan fingerprint density at radius 2 is 1.85 bits per heavy atom. The van der Waals surface area contributed by atoms with E-state index < -0.39 is 0 Å². The van der Waals surface area contributed by atoms with E-state index in [1.807, 2.05) is 12.1 Å². The minimum absolute atomic E-state index is 0.135. The summed E-state index contributed by atoms with van der Waals surface area (Å²) in [6.45, 7) is 3.54. The fourth-order valence-electron chi connectivity index (χ4n) is 3.40. The third kappa shape index (κ3) is 4.88. The van der Waals surface area contributed by atoms with Crippen LogP contribution in [0.5, 0.6) is 5.75 Å². The summed E-state index contributed by atoms with van der Waals surface area (Å²) in [5, 5.41) is 18.9. The zero-order chi connectivity index (χ0) is 18.4. The number of nitrogens with one attached hydrogen (secondary N) is 2. The molecule has 5 heteroatoms. The molecule has 0 bridgehead atoms. The molecule has 2 aromatic carbocycles. The van der Waals surface area contributed by atoms with Crippen LogP contribution in [0.15, 0.2) is 41.4 Å². The Hall–Kier alpha value is -2.27. The summed E-state index contributed by atoms with van der Waals surface area (Å²) in [6, 6.07) is 12.9. The number of rotatable bonds is 5. The molecule has 0 aromatic heterocycles. The smallest absolute Gasteiger partial charge is 0.191 e. The number of aliphatic hydroxyl groups excluding tert-OH is 1. The van der Waals surface area contributed by atoms with Crippen molar-refractivity contribution in [3.05, 3.63) is 42.0 Å². The predicted molar refractivity (Wildman–Crippen MR) is 107 cm³/mol. The van der Waals surface area contributed by atoms with E-state index in [0.29, 0.717) is 12.6 Å². The van der Waals surface area contributed by atoms with Gasteiger partial charge in [0.25, 0.3) is 0 Å². The Morgan fingerprint density at radius 1 is 1.12 bits per heavy atom. The van der Waals surface area contributed by atoms with Crippen LogP contribution in [0, 0.1) is 0 Å². The van der Waals surface area contributed by atoms with Gasteiger partial charge in [0.15, 0.2) is 5.96 Å². The molecular weight excluding hydrogens is 326 g/mol. The Morgan fingerprint density at radius 3 is 2.58 bits per heavy atom. The fraction of sp³-hybridized carbons (Fsp3) is 0.476. The fourth-order valence-corrected chi connectivity index (χ4v) is 3.40. The molecule has 1 saturated carbocycles. The van der Waals surface area contributed by atoms with Gasteiger partial charge in [-0.3, -0.25) is 0 Å². The van der Waals surface area contributed by atoms with E-state index in [1.54, 1.807) is 7.11 Å². The predicted octanol–water partition coefficient (Wildman–Crippen LogP) is 3.21. The van der Waals surface area contributed by atoms with Gasteiger partial charge in [0, 0.05) is 12.6 Å². The summed E-state index contributed by atoms with van der Waals surface area (Å²) in [4.78, 5) is 4.74. The molecule has 2 aromatic rings. The first-order valence-electron chi connectivity index (χ1n) is 9.47. The number of hydrogen-bond acceptors (Lipinski definition) is 3. The lowest BCUT2D eigenvalue weighted by Gasteiger charge is -2.27. The topological polar surface area (TPSA) is 65.9 Å². The van der Waals surface area contributed by atoms with Crippen molar-refractivity contribution in [2.75, 3.05) is 13.7 Å². The monoisotopic (exact) mass is 355 g/mol. The Labute approximate surface area is 155 Å². The highest BCUT2D eigenvalue weighted by atomic mass is 16.5. The number of nitrogens with zero attached hydrogens (tertiary/aromatic N) is 1. The van der Waals surface area contributed by atoms with Crippen LogP contribution >= 0.6 is 0 Å². The number of methoxy groups -OCH3 is 1. The third-order valence-corrected chi connectivity index (χ3v) is 4.91. The summed E-state index contributed by atoms with van der Waals surface area (Å²) in [6.07, 6.45) is 3.58. The van der Waals surface area contributed by atoms with Crippen LogP contribution in [-0.4, -0.2) is 36.9 Å². The number of ether oxygens (including phenoxy) is 1. The lowest BCUT2D eigenvalue weighted by Crippen LogP contribution is -2.45. The van der Waals surface area contributed by atoms with Gasteiger partial charge in [-0.1, -0.05) is 18.2 Å². The number of hydrogen-bond donors (Lipinski definition) is 3. The average Bonchev–Trinajstić information content (AvgIpc) is 2.67. The lowest BCUT2D eigenvalue weighted by atomic mass is 9.93. The highest BCUT2D eigenvalue weighted by Gasteiger charge is 2.19. The van der Waals surface area contributed by atoms with Gasteiger partial charge >= 0.3 is 0 Å². The number of aliphatic hydroxyl groups is 1. The first kappa shape index (κ1) is 18.5. The maximum Gasteiger partial charge on any atom is 0.191 e. The molecule has 1 aliphatic rings. The second-order valence-electron chi connectivity index (χ2n) is 6.89. The minimum Gasteiger partial charge on any atom is -0.497 e. The van der Waals surface area contributed by atoms with Crippen molar-refractivity contribution in [1.82, 2.24) is 10.6 Å². The van der Waals surface area contributed by atoms with Crippen molar-refractivity contribution in [3.63, 3.8) is 0 Å². The summed E-state index contributed by atoms with van der Waals surface area (Å²) in [7, 11) is 1.69. The van der Waals surface area contributed by atoms with Crippen molar-refractivity contribution in [1.29, 1.82) is 0 Å². The maximum absolute atomic E-state index is 9.65. The van der Waals surface area contributed by atoms with Gasteiger partial charge in [-0.25, -0.2) is 4.99 Å². The average molecular weight is 355 g/mol. The standard InChI is InChI=1S/C21H29N3O2/c1-3-22-21(24-18-7-9-19(25)10-8-18)23-14-15-4-5-17-13-20(26-2)11-6-16(17)12-15/h4-6,11-13,18-19,25H,3,7-10,14H2,1-2H3,(H2,22,23,24). The molecule has 5 nitrogen and oxygen atoms in total. The lowest BCUT2D eigenvalue weighted by molar-refractivity contribution is 0.120. The first-order chi connectivity index (χ1) is 12.7. The Kier molecular flexibility index (Phi) is 6.34. The summed E-state index contributed by atoms with van der Waals surface area (Å²) < 4.78 is 5.28. The Bertz CT molecular complexity index is 752. The van der Waals surface area contributed by atoms with Crippen LogP contribution in [0.1, 0.15) is 38.2 Å². The number of aliphatic imine (C=N–C) groups is 1. The largest absolute Gasteiger partial charge is 0.497 e. The molecule has 0 atom stereocenters. The minimum atomic E-state index is -0.135. The zero-order valence-corrected chi connectivity index (χ0v) is 15.7. The van der Waals surface area contributed by atoms with Crippen LogP contribution in [0.25, 0.3) is 10.8 Å². The van der Waals surface area contributed by atoms with Crippen molar-refractivity contribution in [2.24, 2.45) is 4.99 Å². The van der Waals surface area contributed by atoms with E-state index in [9.17, 15) is 5.11 Å². The van der Waals surface area contributed by atoms with Gasteiger partial charge in [0.05, 0.1) is 19.8 Å². The molecule has 0 saturated heterocycles. The van der Waals surface area contributed by atoms with Crippen molar-refractivity contribution >= 4 is 16.7 Å². The summed E-state index contributed by atoms with van der Waals surface area (Å²) in [5.41, 5.74) is 1.18. The molecule has 1 aliphatic carbocycles. The van der Waals surface area contributed by atoms with Crippen LogP contribution < -0.4 is 15.4 Å². The van der Waals surface area contributed by atoms with Crippen LogP contribution in [0.2, 0.25) is 0 Å². The van der Waals surface area contributed by atoms with E-state index in [-0.39, 0.29) is 6.10 Å². The van der Waals surface area contributed by atoms with Gasteiger partial charge < -0.3 is 20.5 Å². The zero-order valence-electron chi connectivity index (χ0n) is 15.7. The van der Waals surface area contributed by atoms with Crippen molar-refractivity contribution < 1.29 is 9.84 Å². The molecular formula is C21H29N3O2. The quantitative estimate of drug-likeness (QED) is 0.569. The normalized spacial score (nSPS) is 20.8. The Balaban J connectivity index is 1.67. The van der Waals surface area contributed by atoms with Crippen LogP contribution in [0.3, 0.4) is 0 Å². The number of benzene rings is 2. The third-order valence-electron chi connectivity index (χ3n) is 4.91. The number of guanidine groups is 1. The summed E-state index contributed by atoms with van der Waals surface area (Å²) in [5.74, 6) is 1.73.